The minimum atomic E-state index is -0.565. The Morgan fingerprint density at radius 1 is 1.10 bits per heavy atom. The van der Waals surface area contributed by atoms with Crippen LogP contribution < -0.4 is 5.32 Å². The lowest BCUT2D eigenvalue weighted by Gasteiger charge is -2.11. The molecule has 0 radical (unpaired) electrons. The quantitative estimate of drug-likeness (QED) is 0.643. The number of para-hydroxylation sites is 1. The van der Waals surface area contributed by atoms with Crippen LogP contribution in [-0.2, 0) is 9.53 Å². The van der Waals surface area contributed by atoms with E-state index in [1.165, 1.54) is 0 Å². The Morgan fingerprint density at radius 2 is 1.86 bits per heavy atom. The summed E-state index contributed by atoms with van der Waals surface area (Å²) in [5, 5.41) is 7.39. The molecule has 1 amide bonds. The van der Waals surface area contributed by atoms with Crippen LogP contribution in [0.3, 0.4) is 0 Å². The molecule has 1 heterocycles. The zero-order chi connectivity index (χ0) is 20.4. The average molecular weight is 389 g/mol. The SMILES string of the molecule is Cc1cccc(NC(=O)COC(=O)c2cc(C3CC3)nn2-c2ccccc2)c1C. The van der Waals surface area contributed by atoms with E-state index < -0.39 is 5.97 Å². The summed E-state index contributed by atoms with van der Waals surface area (Å²) in [6.45, 7) is 3.56. The Kier molecular flexibility index (Phi) is 5.16. The van der Waals surface area contributed by atoms with Gasteiger partial charge in [0.2, 0.25) is 0 Å². The standard InChI is InChI=1S/C23H23N3O3/c1-15-7-6-10-19(16(15)2)24-22(27)14-29-23(28)21-13-20(17-11-12-17)25-26(21)18-8-4-3-5-9-18/h3-10,13,17H,11-12,14H2,1-2H3,(H,24,27). The molecule has 0 aliphatic heterocycles. The molecule has 1 saturated carbocycles. The maximum absolute atomic E-state index is 12.7. The summed E-state index contributed by atoms with van der Waals surface area (Å²) in [6, 6.07) is 16.9. The second-order valence-electron chi connectivity index (χ2n) is 7.35. The van der Waals surface area contributed by atoms with Crippen molar-refractivity contribution in [2.45, 2.75) is 32.6 Å². The molecule has 2 aromatic carbocycles. The molecule has 1 N–H and O–H groups in total. The summed E-state index contributed by atoms with van der Waals surface area (Å²) < 4.78 is 6.89. The first-order chi connectivity index (χ1) is 14.0. The number of hydrogen-bond acceptors (Lipinski definition) is 4. The van der Waals surface area contributed by atoms with E-state index >= 15 is 0 Å². The first-order valence-electron chi connectivity index (χ1n) is 9.71. The number of aryl methyl sites for hydroxylation is 1. The molecule has 1 aromatic heterocycles. The third kappa shape index (κ3) is 4.21. The number of nitrogens with zero attached hydrogens (tertiary/aromatic N) is 2. The molecule has 0 atom stereocenters. The third-order valence-electron chi connectivity index (χ3n) is 5.15. The van der Waals surface area contributed by atoms with Gasteiger partial charge in [-0.3, -0.25) is 4.79 Å². The number of carbonyl (C=O) groups is 2. The Bertz CT molecular complexity index is 1050. The molecule has 4 rings (SSSR count). The van der Waals surface area contributed by atoms with Gasteiger partial charge in [0.25, 0.3) is 5.91 Å². The molecule has 0 unspecified atom stereocenters. The van der Waals surface area contributed by atoms with Crippen molar-refractivity contribution in [3.63, 3.8) is 0 Å². The summed E-state index contributed by atoms with van der Waals surface area (Å²) in [7, 11) is 0. The van der Waals surface area contributed by atoms with Crippen molar-refractivity contribution in [3.8, 4) is 5.69 Å². The number of carbonyl (C=O) groups excluding carboxylic acids is 2. The number of esters is 1. The smallest absolute Gasteiger partial charge is 0.357 e. The monoisotopic (exact) mass is 389 g/mol. The molecule has 0 spiro atoms. The fourth-order valence-electron chi connectivity index (χ4n) is 3.17. The number of benzene rings is 2. The second-order valence-corrected chi connectivity index (χ2v) is 7.35. The highest BCUT2D eigenvalue weighted by Crippen LogP contribution is 2.39. The van der Waals surface area contributed by atoms with E-state index in [0.29, 0.717) is 11.6 Å². The predicted molar refractivity (Wildman–Crippen MR) is 110 cm³/mol. The Balaban J connectivity index is 1.47. The average Bonchev–Trinajstić information content (AvgIpc) is 3.48. The Morgan fingerprint density at radius 3 is 2.59 bits per heavy atom. The van der Waals surface area contributed by atoms with Gasteiger partial charge in [-0.1, -0.05) is 30.3 Å². The van der Waals surface area contributed by atoms with Gasteiger partial charge in [0.05, 0.1) is 11.4 Å². The molecule has 0 bridgehead atoms. The zero-order valence-corrected chi connectivity index (χ0v) is 16.5. The molecule has 29 heavy (non-hydrogen) atoms. The molecule has 3 aromatic rings. The van der Waals surface area contributed by atoms with Gasteiger partial charge >= 0.3 is 5.97 Å². The van der Waals surface area contributed by atoms with Crippen LogP contribution in [-0.4, -0.2) is 28.3 Å². The van der Waals surface area contributed by atoms with E-state index in [4.69, 9.17) is 4.74 Å². The fraction of sp³-hybridized carbons (Fsp3) is 0.261. The van der Waals surface area contributed by atoms with Gasteiger partial charge in [0, 0.05) is 11.6 Å². The van der Waals surface area contributed by atoms with E-state index in [1.54, 1.807) is 10.7 Å². The van der Waals surface area contributed by atoms with Crippen LogP contribution in [0.2, 0.25) is 0 Å². The fourth-order valence-corrected chi connectivity index (χ4v) is 3.17. The summed E-state index contributed by atoms with van der Waals surface area (Å²) in [5.41, 5.74) is 4.79. The number of anilines is 1. The highest BCUT2D eigenvalue weighted by molar-refractivity contribution is 5.95. The zero-order valence-electron chi connectivity index (χ0n) is 16.5. The van der Waals surface area contributed by atoms with E-state index in [1.807, 2.05) is 62.4 Å². The number of aromatic nitrogens is 2. The minimum absolute atomic E-state index is 0.331. The van der Waals surface area contributed by atoms with E-state index in [-0.39, 0.29) is 12.5 Å². The molecule has 6 heteroatoms. The largest absolute Gasteiger partial charge is 0.451 e. The van der Waals surface area contributed by atoms with Crippen LogP contribution in [0.15, 0.2) is 54.6 Å². The molecule has 148 valence electrons. The van der Waals surface area contributed by atoms with Gasteiger partial charge in [-0.2, -0.15) is 5.10 Å². The van der Waals surface area contributed by atoms with Crippen molar-refractivity contribution >= 4 is 17.6 Å². The van der Waals surface area contributed by atoms with E-state index in [0.717, 1.165) is 41.0 Å². The Hall–Kier alpha value is -3.41. The number of rotatable bonds is 6. The molecule has 1 aliphatic carbocycles. The van der Waals surface area contributed by atoms with Gasteiger partial charge in [0.15, 0.2) is 12.3 Å². The molecule has 1 fully saturated rings. The number of ether oxygens (including phenoxy) is 1. The van der Waals surface area contributed by atoms with Crippen LogP contribution >= 0.6 is 0 Å². The lowest BCUT2D eigenvalue weighted by atomic mass is 10.1. The van der Waals surface area contributed by atoms with Crippen LogP contribution in [0.4, 0.5) is 5.69 Å². The van der Waals surface area contributed by atoms with Crippen LogP contribution in [0.1, 0.15) is 46.1 Å². The van der Waals surface area contributed by atoms with Gasteiger partial charge in [-0.15, -0.1) is 0 Å². The maximum Gasteiger partial charge on any atom is 0.357 e. The van der Waals surface area contributed by atoms with Crippen LogP contribution in [0.5, 0.6) is 0 Å². The van der Waals surface area contributed by atoms with Crippen LogP contribution in [0.25, 0.3) is 5.69 Å². The van der Waals surface area contributed by atoms with Crippen molar-refractivity contribution in [2.24, 2.45) is 0 Å². The summed E-state index contributed by atoms with van der Waals surface area (Å²) in [5.74, 6) is -0.538. The van der Waals surface area contributed by atoms with Gasteiger partial charge in [-0.05, 0) is 62.1 Å². The van der Waals surface area contributed by atoms with Crippen molar-refractivity contribution in [2.75, 3.05) is 11.9 Å². The molecule has 6 nitrogen and oxygen atoms in total. The molecular weight excluding hydrogens is 366 g/mol. The second kappa shape index (κ2) is 7.91. The van der Waals surface area contributed by atoms with Crippen molar-refractivity contribution in [1.29, 1.82) is 0 Å². The predicted octanol–water partition coefficient (Wildman–Crippen LogP) is 4.16. The summed E-state index contributed by atoms with van der Waals surface area (Å²) in [4.78, 5) is 25.0. The van der Waals surface area contributed by atoms with Gasteiger partial charge < -0.3 is 10.1 Å². The first-order valence-corrected chi connectivity index (χ1v) is 9.71. The molecular formula is C23H23N3O3. The minimum Gasteiger partial charge on any atom is -0.451 e. The lowest BCUT2D eigenvalue weighted by Crippen LogP contribution is -2.22. The highest BCUT2D eigenvalue weighted by Gasteiger charge is 2.29. The Labute approximate surface area is 169 Å². The highest BCUT2D eigenvalue weighted by atomic mass is 16.5. The van der Waals surface area contributed by atoms with Gasteiger partial charge in [-0.25, -0.2) is 9.48 Å². The van der Waals surface area contributed by atoms with E-state index in [9.17, 15) is 9.59 Å². The molecule has 0 saturated heterocycles. The van der Waals surface area contributed by atoms with E-state index in [2.05, 4.69) is 10.4 Å². The first kappa shape index (κ1) is 18.9. The normalized spacial score (nSPS) is 13.2. The van der Waals surface area contributed by atoms with Crippen LogP contribution in [0, 0.1) is 13.8 Å². The topological polar surface area (TPSA) is 73.2 Å². The van der Waals surface area contributed by atoms with Crippen molar-refractivity contribution in [3.05, 3.63) is 77.1 Å². The number of nitrogens with one attached hydrogen (secondary N) is 1. The maximum atomic E-state index is 12.7. The number of hydrogen-bond donors (Lipinski definition) is 1. The lowest BCUT2D eigenvalue weighted by molar-refractivity contribution is -0.119. The number of amides is 1. The van der Waals surface area contributed by atoms with Crippen molar-refractivity contribution < 1.29 is 14.3 Å². The summed E-state index contributed by atoms with van der Waals surface area (Å²) in [6.07, 6.45) is 2.16. The molecule has 1 aliphatic rings. The van der Waals surface area contributed by atoms with Crippen molar-refractivity contribution in [1.82, 2.24) is 9.78 Å². The van der Waals surface area contributed by atoms with Gasteiger partial charge in [0.1, 0.15) is 0 Å². The third-order valence-corrected chi connectivity index (χ3v) is 5.15. The summed E-state index contributed by atoms with van der Waals surface area (Å²) >= 11 is 0.